The fraction of sp³-hybridized carbons (Fsp3) is 0.417. The molecule has 0 aliphatic carbocycles. The number of halogens is 1. The second-order valence-corrected chi connectivity index (χ2v) is 5.85. The summed E-state index contributed by atoms with van der Waals surface area (Å²) < 4.78 is 8.22. The van der Waals surface area contributed by atoms with Crippen molar-refractivity contribution in [2.24, 2.45) is 0 Å². The van der Waals surface area contributed by atoms with Crippen LogP contribution >= 0.6 is 22.6 Å². The van der Waals surface area contributed by atoms with E-state index in [-0.39, 0.29) is 12.7 Å². The summed E-state index contributed by atoms with van der Waals surface area (Å²) in [6.45, 7) is -0.0963. The van der Waals surface area contributed by atoms with E-state index in [9.17, 15) is 10.4 Å². The second-order valence-electron chi connectivity index (χ2n) is 4.68. The molecule has 1 fully saturated rings. The van der Waals surface area contributed by atoms with Gasteiger partial charge in [0.1, 0.15) is 17.9 Å². The van der Waals surface area contributed by atoms with Gasteiger partial charge in [0.15, 0.2) is 11.4 Å². The average molecular weight is 385 g/mol. The number of anilines is 1. The molecule has 0 aromatic carbocycles. The largest absolute Gasteiger partial charge is 0.394 e. The Morgan fingerprint density at radius 1 is 1.70 bits per heavy atom. The molecule has 0 radical (unpaired) electrons. The van der Waals surface area contributed by atoms with Crippen LogP contribution in [0.5, 0.6) is 0 Å². The number of nitrogens with zero attached hydrogens (tertiary/aromatic N) is 4. The summed E-state index contributed by atoms with van der Waals surface area (Å²) in [5.41, 5.74) is 6.07. The molecule has 2 aromatic heterocycles. The SMILES string of the molecule is N#C[C@]1(c2cc(I)c3c(N)ncnn23)CC[C@@H](CO)O1. The van der Waals surface area contributed by atoms with Gasteiger partial charge >= 0.3 is 0 Å². The van der Waals surface area contributed by atoms with Crippen molar-refractivity contribution >= 4 is 33.9 Å². The van der Waals surface area contributed by atoms with Crippen LogP contribution in [0.1, 0.15) is 18.5 Å². The van der Waals surface area contributed by atoms with Crippen LogP contribution in [0.15, 0.2) is 12.4 Å². The zero-order chi connectivity index (χ0) is 14.3. The maximum atomic E-state index is 9.57. The first-order valence-electron chi connectivity index (χ1n) is 6.09. The number of nitriles is 1. The van der Waals surface area contributed by atoms with E-state index < -0.39 is 5.60 Å². The second kappa shape index (κ2) is 4.83. The number of aromatic nitrogens is 3. The van der Waals surface area contributed by atoms with Crippen molar-refractivity contribution in [3.63, 3.8) is 0 Å². The summed E-state index contributed by atoms with van der Waals surface area (Å²) in [4.78, 5) is 3.97. The molecule has 20 heavy (non-hydrogen) atoms. The number of nitrogens with two attached hydrogens (primary N) is 1. The molecule has 104 valence electrons. The van der Waals surface area contributed by atoms with Crippen LogP contribution in [0.4, 0.5) is 5.82 Å². The lowest BCUT2D eigenvalue weighted by Crippen LogP contribution is -2.27. The molecule has 8 heteroatoms. The van der Waals surface area contributed by atoms with Crippen molar-refractivity contribution in [3.05, 3.63) is 21.7 Å². The number of nitrogen functional groups attached to an aromatic ring is 1. The lowest BCUT2D eigenvalue weighted by Gasteiger charge is -2.21. The highest BCUT2D eigenvalue weighted by Crippen LogP contribution is 2.40. The molecule has 1 saturated heterocycles. The summed E-state index contributed by atoms with van der Waals surface area (Å²) in [6, 6.07) is 4.06. The maximum Gasteiger partial charge on any atom is 0.196 e. The molecule has 3 rings (SSSR count). The number of fused-ring (bicyclic) bond motifs is 1. The molecule has 2 aromatic rings. The number of aliphatic hydroxyl groups excluding tert-OH is 1. The molecular weight excluding hydrogens is 373 g/mol. The van der Waals surface area contributed by atoms with E-state index in [2.05, 4.69) is 38.7 Å². The molecule has 0 spiro atoms. The van der Waals surface area contributed by atoms with Crippen LogP contribution in [0, 0.1) is 14.9 Å². The monoisotopic (exact) mass is 385 g/mol. The van der Waals surface area contributed by atoms with Crippen LogP contribution in [-0.2, 0) is 10.3 Å². The number of hydrogen-bond donors (Lipinski definition) is 2. The van der Waals surface area contributed by atoms with Gasteiger partial charge in [-0.2, -0.15) is 10.4 Å². The molecule has 0 saturated carbocycles. The van der Waals surface area contributed by atoms with E-state index in [4.69, 9.17) is 10.5 Å². The number of hydrogen-bond acceptors (Lipinski definition) is 6. The predicted molar refractivity (Wildman–Crippen MR) is 78.6 cm³/mol. The molecule has 7 nitrogen and oxygen atoms in total. The van der Waals surface area contributed by atoms with E-state index in [0.717, 1.165) is 3.57 Å². The number of aliphatic hydroxyl groups is 1. The molecule has 1 aliphatic rings. The summed E-state index contributed by atoms with van der Waals surface area (Å²) in [6.07, 6.45) is 2.18. The molecule has 3 heterocycles. The smallest absolute Gasteiger partial charge is 0.196 e. The normalized spacial score (nSPS) is 25.9. The third kappa shape index (κ3) is 1.85. The molecule has 1 aliphatic heterocycles. The van der Waals surface area contributed by atoms with E-state index in [1.54, 1.807) is 4.52 Å². The Hall–Kier alpha value is -1.44. The van der Waals surface area contributed by atoms with Crippen molar-refractivity contribution in [2.45, 2.75) is 24.5 Å². The Morgan fingerprint density at radius 3 is 3.15 bits per heavy atom. The van der Waals surface area contributed by atoms with Gasteiger partial charge in [-0.15, -0.1) is 0 Å². The zero-order valence-electron chi connectivity index (χ0n) is 10.5. The van der Waals surface area contributed by atoms with Gasteiger partial charge in [-0.1, -0.05) is 0 Å². The van der Waals surface area contributed by atoms with Gasteiger partial charge in [-0.25, -0.2) is 9.50 Å². The highest BCUT2D eigenvalue weighted by molar-refractivity contribution is 14.1. The topological polar surface area (TPSA) is 109 Å². The fourth-order valence-electron chi connectivity index (χ4n) is 2.53. The molecule has 0 unspecified atom stereocenters. The van der Waals surface area contributed by atoms with E-state index >= 15 is 0 Å². The third-order valence-electron chi connectivity index (χ3n) is 3.52. The van der Waals surface area contributed by atoms with Crippen LogP contribution < -0.4 is 5.73 Å². The minimum absolute atomic E-state index is 0.0963. The minimum Gasteiger partial charge on any atom is -0.394 e. The minimum atomic E-state index is -1.10. The summed E-state index contributed by atoms with van der Waals surface area (Å²) in [7, 11) is 0. The molecule has 0 bridgehead atoms. The molecular formula is C12H12IN5O2. The van der Waals surface area contributed by atoms with Gasteiger partial charge < -0.3 is 15.6 Å². The quantitative estimate of drug-likeness (QED) is 0.741. The number of rotatable bonds is 2. The average Bonchev–Trinajstić information content (AvgIpc) is 3.02. The summed E-state index contributed by atoms with van der Waals surface area (Å²) >= 11 is 2.13. The van der Waals surface area contributed by atoms with Crippen molar-refractivity contribution in [1.29, 1.82) is 5.26 Å². The lowest BCUT2D eigenvalue weighted by molar-refractivity contribution is -0.0324. The van der Waals surface area contributed by atoms with Crippen molar-refractivity contribution in [3.8, 4) is 6.07 Å². The molecule has 3 N–H and O–H groups in total. The zero-order valence-corrected chi connectivity index (χ0v) is 12.6. The van der Waals surface area contributed by atoms with Crippen LogP contribution in [-0.4, -0.2) is 32.4 Å². The van der Waals surface area contributed by atoms with E-state index in [1.807, 2.05) is 6.07 Å². The Bertz CT molecular complexity index is 710. The number of ether oxygens (including phenoxy) is 1. The van der Waals surface area contributed by atoms with Gasteiger partial charge in [-0.3, -0.25) is 0 Å². The van der Waals surface area contributed by atoms with Gasteiger partial charge in [0.2, 0.25) is 0 Å². The van der Waals surface area contributed by atoms with E-state index in [0.29, 0.717) is 29.9 Å². The predicted octanol–water partition coefficient (Wildman–Crippen LogP) is 0.806. The van der Waals surface area contributed by atoms with Crippen molar-refractivity contribution in [2.75, 3.05) is 12.3 Å². The maximum absolute atomic E-state index is 9.57. The Morgan fingerprint density at radius 2 is 2.50 bits per heavy atom. The summed E-state index contributed by atoms with van der Waals surface area (Å²) in [5, 5.41) is 23.0. The first kappa shape index (κ1) is 13.5. The molecule has 0 amide bonds. The molecule has 2 atom stereocenters. The fourth-order valence-corrected chi connectivity index (χ4v) is 3.33. The Kier molecular flexibility index (Phi) is 3.27. The van der Waals surface area contributed by atoms with Gasteiger partial charge in [0.05, 0.1) is 18.4 Å². The van der Waals surface area contributed by atoms with Crippen LogP contribution in [0.2, 0.25) is 0 Å². The van der Waals surface area contributed by atoms with E-state index in [1.165, 1.54) is 6.33 Å². The van der Waals surface area contributed by atoms with Crippen LogP contribution in [0.3, 0.4) is 0 Å². The lowest BCUT2D eigenvalue weighted by atomic mass is 9.98. The Labute approximate surface area is 128 Å². The van der Waals surface area contributed by atoms with Crippen molar-refractivity contribution in [1.82, 2.24) is 14.6 Å². The first-order chi connectivity index (χ1) is 9.61. The first-order valence-corrected chi connectivity index (χ1v) is 7.17. The third-order valence-corrected chi connectivity index (χ3v) is 4.34. The van der Waals surface area contributed by atoms with Gasteiger partial charge in [0.25, 0.3) is 0 Å². The Balaban J connectivity index is 2.20. The highest BCUT2D eigenvalue weighted by Gasteiger charge is 2.44. The van der Waals surface area contributed by atoms with Crippen LogP contribution in [0.25, 0.3) is 5.52 Å². The van der Waals surface area contributed by atoms with Crippen molar-refractivity contribution < 1.29 is 9.84 Å². The summed E-state index contributed by atoms with van der Waals surface area (Å²) in [5.74, 6) is 0.362. The highest BCUT2D eigenvalue weighted by atomic mass is 127. The van der Waals surface area contributed by atoms with Gasteiger partial charge in [0, 0.05) is 3.57 Å². The van der Waals surface area contributed by atoms with Gasteiger partial charge in [-0.05, 0) is 41.5 Å². The standard InChI is InChI=1S/C12H12IN5O2/c13-8-3-9(18-10(8)11(15)16-6-17-18)12(5-14)2-1-7(4-19)20-12/h3,6-7,19H,1-2,4H2,(H2,15,16,17)/t7-,12-/m0/s1.